The Bertz CT molecular complexity index is 2560. The molecular formula is C47H20. The summed E-state index contributed by atoms with van der Waals surface area (Å²) in [6, 6.07) is 17.1. The molecule has 0 fully saturated rings. The maximum Gasteiger partial charge on any atom is 0.145 e. The van der Waals surface area contributed by atoms with Gasteiger partial charge >= 0.3 is 0 Å². The molecule has 208 valence electrons. The van der Waals surface area contributed by atoms with E-state index in [1.165, 1.54) is 0 Å². The highest BCUT2D eigenvalue weighted by Crippen LogP contribution is 2.56. The summed E-state index contributed by atoms with van der Waals surface area (Å²) in [6.07, 6.45) is 15.7. The second-order valence-electron chi connectivity index (χ2n) is 10.6. The van der Waals surface area contributed by atoms with Gasteiger partial charge in [-0.05, 0) is 184 Å². The zero-order chi connectivity index (χ0) is 33.3. The second kappa shape index (κ2) is 13.3. The molecule has 0 aliphatic heterocycles. The quantitative estimate of drug-likeness (QED) is 0.294. The number of benzene rings is 3. The van der Waals surface area contributed by atoms with E-state index in [1.807, 2.05) is 6.92 Å². The van der Waals surface area contributed by atoms with E-state index in [-0.39, 0.29) is 0 Å². The first-order valence-corrected chi connectivity index (χ1v) is 14.2. The van der Waals surface area contributed by atoms with Crippen LogP contribution < -0.4 is 0 Å². The number of terminal acetylenes is 3. The van der Waals surface area contributed by atoms with Crippen molar-refractivity contribution in [1.29, 1.82) is 0 Å². The van der Waals surface area contributed by atoms with Crippen LogP contribution in [0.3, 0.4) is 0 Å². The van der Waals surface area contributed by atoms with E-state index < -0.39 is 10.8 Å². The van der Waals surface area contributed by atoms with Crippen molar-refractivity contribution in [3.63, 3.8) is 0 Å². The van der Waals surface area contributed by atoms with Crippen LogP contribution in [0.2, 0.25) is 0 Å². The number of hydrogen-bond donors (Lipinski definition) is 0. The van der Waals surface area contributed by atoms with Gasteiger partial charge in [-0.2, -0.15) is 0 Å². The fraction of sp³-hybridized carbons (Fsp3) is 0.106. The molecule has 0 amide bonds. The van der Waals surface area contributed by atoms with Crippen LogP contribution in [0.1, 0.15) is 40.3 Å². The SMILES string of the molecule is C#CC#CC#CC#CC1(C)c2cc(C)ccc2-c2cc3c(cc21)-c1ccc(C)cc1C3(C#CC#CC#CC#C)C#CC#CC#CC#C. The van der Waals surface area contributed by atoms with E-state index in [4.69, 9.17) is 19.3 Å². The predicted molar refractivity (Wildman–Crippen MR) is 191 cm³/mol. The standard InChI is InChI=1S/C47H20/c1-7-10-13-16-19-22-29-46(6)42-32-36(4)25-27-38(42)40-35-45-41(34-43(40)46)39-28-26-37(5)33-44(39)47(45,30-23-20-17-14-11-8-2)31-24-21-18-15-12-9-3/h1-3,25-28,32-35H,4-6H3. The summed E-state index contributed by atoms with van der Waals surface area (Å²) in [7, 11) is 0. The summed E-state index contributed by atoms with van der Waals surface area (Å²) >= 11 is 0. The number of aryl methyl sites for hydroxylation is 2. The van der Waals surface area contributed by atoms with E-state index in [1.54, 1.807) is 0 Å². The van der Waals surface area contributed by atoms with Crippen LogP contribution in [0, 0.1) is 157 Å². The van der Waals surface area contributed by atoms with Crippen molar-refractivity contribution in [2.45, 2.75) is 31.6 Å². The summed E-state index contributed by atoms with van der Waals surface area (Å²) in [6.45, 7) is 6.24. The molecule has 3 aromatic carbocycles. The van der Waals surface area contributed by atoms with Crippen molar-refractivity contribution >= 4 is 0 Å². The Morgan fingerprint density at radius 2 is 0.766 bits per heavy atom. The topological polar surface area (TPSA) is 0 Å². The van der Waals surface area contributed by atoms with Crippen molar-refractivity contribution in [2.24, 2.45) is 0 Å². The van der Waals surface area contributed by atoms with E-state index in [0.29, 0.717) is 0 Å². The first kappa shape index (κ1) is 30.8. The largest absolute Gasteiger partial charge is 0.145 e. The van der Waals surface area contributed by atoms with Gasteiger partial charge < -0.3 is 0 Å². The van der Waals surface area contributed by atoms with Gasteiger partial charge in [0.05, 0.1) is 5.41 Å². The number of fused-ring (bicyclic) bond motifs is 6. The molecule has 0 heterocycles. The third kappa shape index (κ3) is 5.83. The van der Waals surface area contributed by atoms with Gasteiger partial charge in [-0.3, -0.25) is 0 Å². The maximum atomic E-state index is 5.23. The van der Waals surface area contributed by atoms with Crippen molar-refractivity contribution < 1.29 is 0 Å². The summed E-state index contributed by atoms with van der Waals surface area (Å²) in [5.41, 5.74) is 8.70. The average Bonchev–Trinajstić information content (AvgIpc) is 3.46. The molecule has 0 bridgehead atoms. The van der Waals surface area contributed by atoms with Crippen LogP contribution in [0.4, 0.5) is 0 Å². The highest BCUT2D eigenvalue weighted by molar-refractivity contribution is 5.93. The van der Waals surface area contributed by atoms with Gasteiger partial charge in [0.25, 0.3) is 0 Å². The molecule has 0 spiro atoms. The Labute approximate surface area is 278 Å². The van der Waals surface area contributed by atoms with E-state index in [0.717, 1.165) is 55.6 Å². The van der Waals surface area contributed by atoms with Crippen LogP contribution >= 0.6 is 0 Å². The zero-order valence-corrected chi connectivity index (χ0v) is 25.9. The van der Waals surface area contributed by atoms with Gasteiger partial charge in [-0.1, -0.05) is 65.3 Å². The first-order valence-electron chi connectivity index (χ1n) is 14.2. The molecule has 47 heavy (non-hydrogen) atoms. The molecule has 0 aromatic heterocycles. The van der Waals surface area contributed by atoms with Gasteiger partial charge in [0, 0.05) is 0 Å². The third-order valence-corrected chi connectivity index (χ3v) is 7.75. The lowest BCUT2D eigenvalue weighted by Gasteiger charge is -2.23. The minimum atomic E-state index is -1.05. The van der Waals surface area contributed by atoms with E-state index in [2.05, 4.69) is 187 Å². The molecule has 0 nitrogen and oxygen atoms in total. The molecular weight excluding hydrogens is 565 g/mol. The molecule has 1 unspecified atom stereocenters. The van der Waals surface area contributed by atoms with Crippen LogP contribution in [-0.4, -0.2) is 0 Å². The molecule has 0 N–H and O–H groups in total. The molecule has 2 aliphatic carbocycles. The lowest BCUT2D eigenvalue weighted by atomic mass is 9.76. The molecule has 1 atom stereocenters. The Morgan fingerprint density at radius 3 is 1.30 bits per heavy atom. The lowest BCUT2D eigenvalue weighted by molar-refractivity contribution is 0.777. The number of hydrogen-bond acceptors (Lipinski definition) is 0. The lowest BCUT2D eigenvalue weighted by Crippen LogP contribution is -2.22. The monoisotopic (exact) mass is 584 g/mol. The van der Waals surface area contributed by atoms with Crippen LogP contribution in [0.25, 0.3) is 22.3 Å². The maximum absolute atomic E-state index is 5.23. The molecule has 0 radical (unpaired) electrons. The molecule has 0 saturated heterocycles. The van der Waals surface area contributed by atoms with Gasteiger partial charge in [-0.25, -0.2) is 0 Å². The van der Waals surface area contributed by atoms with Gasteiger partial charge in [0.15, 0.2) is 0 Å². The van der Waals surface area contributed by atoms with Crippen molar-refractivity contribution in [3.05, 3.63) is 81.9 Å². The van der Waals surface area contributed by atoms with Crippen LogP contribution in [0.15, 0.2) is 48.5 Å². The summed E-state index contributed by atoms with van der Waals surface area (Å²) in [4.78, 5) is 0. The Morgan fingerprint density at radius 1 is 0.404 bits per heavy atom. The average molecular weight is 585 g/mol. The summed E-state index contributed by atoms with van der Waals surface area (Å²) < 4.78 is 0. The second-order valence-corrected chi connectivity index (χ2v) is 10.6. The predicted octanol–water partition coefficient (Wildman–Crippen LogP) is 5.79. The minimum Gasteiger partial charge on any atom is -0.106 e. The summed E-state index contributed by atoms with van der Waals surface area (Å²) in [5, 5.41) is 0. The smallest absolute Gasteiger partial charge is 0.106 e. The van der Waals surface area contributed by atoms with Gasteiger partial charge in [-0.15, -0.1) is 19.3 Å². The Balaban J connectivity index is 1.84. The van der Waals surface area contributed by atoms with E-state index >= 15 is 0 Å². The third-order valence-electron chi connectivity index (χ3n) is 7.75. The van der Waals surface area contributed by atoms with Crippen LogP contribution in [-0.2, 0) is 10.8 Å². The van der Waals surface area contributed by atoms with E-state index in [9.17, 15) is 0 Å². The fourth-order valence-electron chi connectivity index (χ4n) is 5.80. The number of rotatable bonds is 0. The Hall–Kier alpha value is -7.62. The van der Waals surface area contributed by atoms with Crippen LogP contribution in [0.5, 0.6) is 0 Å². The van der Waals surface area contributed by atoms with Crippen molar-refractivity contribution in [2.75, 3.05) is 0 Å². The van der Waals surface area contributed by atoms with Crippen molar-refractivity contribution in [3.8, 4) is 166 Å². The highest BCUT2D eigenvalue weighted by Gasteiger charge is 2.46. The zero-order valence-electron chi connectivity index (χ0n) is 25.9. The molecule has 0 saturated carbocycles. The fourth-order valence-corrected chi connectivity index (χ4v) is 5.80. The molecule has 5 rings (SSSR count). The van der Waals surface area contributed by atoms with Gasteiger partial charge in [0.1, 0.15) is 5.41 Å². The molecule has 3 aromatic rings. The van der Waals surface area contributed by atoms with Gasteiger partial charge in [0.2, 0.25) is 0 Å². The first-order chi connectivity index (χ1) is 22.9. The van der Waals surface area contributed by atoms with Crippen molar-refractivity contribution in [1.82, 2.24) is 0 Å². The normalized spacial score (nSPS) is 13.4. The summed E-state index contributed by atoms with van der Waals surface area (Å²) in [5.74, 6) is 57.9. The minimum absolute atomic E-state index is 0.643. The molecule has 2 aliphatic rings. The Kier molecular flexibility index (Phi) is 8.76. The highest BCUT2D eigenvalue weighted by atomic mass is 14.5. The molecule has 0 heteroatoms.